The zero-order chi connectivity index (χ0) is 17.6. The SMILES string of the molecule is Cc1ccc(S(=O)(=O)N2CC[C@H]3[C@@H](C2)NC(=O)N3C(C)C)cc1F. The molecule has 1 N–H and O–H groups in total. The van der Waals surface area contributed by atoms with Gasteiger partial charge in [0.2, 0.25) is 10.0 Å². The molecule has 2 aliphatic heterocycles. The van der Waals surface area contributed by atoms with E-state index in [9.17, 15) is 17.6 Å². The molecule has 0 saturated carbocycles. The zero-order valence-electron chi connectivity index (χ0n) is 14.0. The Morgan fingerprint density at radius 3 is 2.67 bits per heavy atom. The maximum atomic E-state index is 13.7. The van der Waals surface area contributed by atoms with Crippen LogP contribution < -0.4 is 5.32 Å². The third-order valence-electron chi connectivity index (χ3n) is 4.78. The summed E-state index contributed by atoms with van der Waals surface area (Å²) in [6.07, 6.45) is 0.565. The number of fused-ring (bicyclic) bond motifs is 1. The van der Waals surface area contributed by atoms with E-state index in [0.717, 1.165) is 6.07 Å². The molecule has 6 nitrogen and oxygen atoms in total. The number of piperidine rings is 1. The highest BCUT2D eigenvalue weighted by atomic mass is 32.2. The maximum Gasteiger partial charge on any atom is 0.318 e. The van der Waals surface area contributed by atoms with Crippen LogP contribution in [-0.4, -0.2) is 54.9 Å². The van der Waals surface area contributed by atoms with Gasteiger partial charge in [0.1, 0.15) is 5.82 Å². The highest BCUT2D eigenvalue weighted by Gasteiger charge is 2.45. The van der Waals surface area contributed by atoms with Crippen molar-refractivity contribution in [2.45, 2.75) is 50.2 Å². The molecular weight excluding hydrogens is 333 g/mol. The summed E-state index contributed by atoms with van der Waals surface area (Å²) in [5, 5.41) is 2.87. The molecule has 3 rings (SSSR count). The molecule has 0 radical (unpaired) electrons. The number of nitrogens with one attached hydrogen (secondary N) is 1. The minimum Gasteiger partial charge on any atom is -0.332 e. The summed E-state index contributed by atoms with van der Waals surface area (Å²) in [6, 6.07) is 3.62. The first-order valence-corrected chi connectivity index (χ1v) is 9.51. The topological polar surface area (TPSA) is 69.7 Å². The summed E-state index contributed by atoms with van der Waals surface area (Å²) in [5.74, 6) is -0.536. The number of amides is 2. The van der Waals surface area contributed by atoms with E-state index < -0.39 is 15.8 Å². The number of sulfonamides is 1. The van der Waals surface area contributed by atoms with Crippen molar-refractivity contribution < 1.29 is 17.6 Å². The summed E-state index contributed by atoms with van der Waals surface area (Å²) in [4.78, 5) is 13.8. The Morgan fingerprint density at radius 1 is 1.33 bits per heavy atom. The number of carbonyl (C=O) groups is 1. The molecule has 0 aliphatic carbocycles. The maximum absolute atomic E-state index is 13.7. The van der Waals surface area contributed by atoms with Gasteiger partial charge in [-0.3, -0.25) is 0 Å². The Kier molecular flexibility index (Phi) is 4.29. The lowest BCUT2D eigenvalue weighted by Crippen LogP contribution is -2.53. The zero-order valence-corrected chi connectivity index (χ0v) is 14.8. The van der Waals surface area contributed by atoms with Gasteiger partial charge in [0.05, 0.1) is 17.0 Å². The summed E-state index contributed by atoms with van der Waals surface area (Å²) >= 11 is 0. The highest BCUT2D eigenvalue weighted by molar-refractivity contribution is 7.89. The number of benzene rings is 1. The fraction of sp³-hybridized carbons (Fsp3) is 0.562. The predicted octanol–water partition coefficient (Wildman–Crippen LogP) is 1.70. The average Bonchev–Trinajstić information content (AvgIpc) is 2.84. The molecule has 0 spiro atoms. The Morgan fingerprint density at radius 2 is 2.04 bits per heavy atom. The second-order valence-electron chi connectivity index (χ2n) is 6.69. The van der Waals surface area contributed by atoms with Crippen LogP contribution in [0.5, 0.6) is 0 Å². The van der Waals surface area contributed by atoms with Crippen molar-refractivity contribution in [1.29, 1.82) is 0 Å². The lowest BCUT2D eigenvalue weighted by molar-refractivity contribution is 0.157. The second kappa shape index (κ2) is 6.00. The summed E-state index contributed by atoms with van der Waals surface area (Å²) in [7, 11) is -3.77. The lowest BCUT2D eigenvalue weighted by Gasteiger charge is -2.37. The smallest absolute Gasteiger partial charge is 0.318 e. The number of carbonyl (C=O) groups excluding carboxylic acids is 1. The third-order valence-corrected chi connectivity index (χ3v) is 6.64. The van der Waals surface area contributed by atoms with Crippen LogP contribution >= 0.6 is 0 Å². The molecule has 1 aromatic carbocycles. The van der Waals surface area contributed by atoms with E-state index in [4.69, 9.17) is 0 Å². The molecule has 8 heteroatoms. The molecule has 0 unspecified atom stereocenters. The molecule has 24 heavy (non-hydrogen) atoms. The molecule has 0 aromatic heterocycles. The van der Waals surface area contributed by atoms with Crippen LogP contribution in [0.1, 0.15) is 25.8 Å². The van der Waals surface area contributed by atoms with Gasteiger partial charge in [-0.2, -0.15) is 4.31 Å². The second-order valence-corrected chi connectivity index (χ2v) is 8.63. The molecule has 2 aliphatic rings. The fourth-order valence-corrected chi connectivity index (χ4v) is 4.98. The van der Waals surface area contributed by atoms with Crippen LogP contribution in [0.3, 0.4) is 0 Å². The van der Waals surface area contributed by atoms with Crippen LogP contribution in [0.15, 0.2) is 23.1 Å². The summed E-state index contributed by atoms with van der Waals surface area (Å²) in [6.45, 7) is 6.00. The number of halogens is 1. The van der Waals surface area contributed by atoms with E-state index in [0.29, 0.717) is 18.5 Å². The number of aryl methyl sites for hydroxylation is 1. The van der Waals surface area contributed by atoms with Crippen LogP contribution in [0.4, 0.5) is 9.18 Å². The third kappa shape index (κ3) is 2.77. The van der Waals surface area contributed by atoms with Gasteiger partial charge in [0.25, 0.3) is 0 Å². The normalized spacial score (nSPS) is 25.0. The predicted molar refractivity (Wildman–Crippen MR) is 87.6 cm³/mol. The molecule has 2 amide bonds. The number of hydrogen-bond acceptors (Lipinski definition) is 3. The van der Waals surface area contributed by atoms with E-state index in [1.807, 2.05) is 13.8 Å². The Bertz CT molecular complexity index is 766. The van der Waals surface area contributed by atoms with Gasteiger partial charge in [-0.1, -0.05) is 6.07 Å². The van der Waals surface area contributed by atoms with E-state index in [2.05, 4.69) is 5.32 Å². The Balaban J connectivity index is 1.82. The van der Waals surface area contributed by atoms with E-state index in [1.54, 1.807) is 11.8 Å². The molecule has 2 atom stereocenters. The van der Waals surface area contributed by atoms with Crippen molar-refractivity contribution in [3.8, 4) is 0 Å². The van der Waals surface area contributed by atoms with Gasteiger partial charge in [-0.15, -0.1) is 0 Å². The number of hydrogen-bond donors (Lipinski definition) is 1. The van der Waals surface area contributed by atoms with Crippen LogP contribution in [-0.2, 0) is 10.0 Å². The fourth-order valence-electron chi connectivity index (χ4n) is 3.49. The molecule has 132 valence electrons. The van der Waals surface area contributed by atoms with Crippen molar-refractivity contribution in [2.24, 2.45) is 0 Å². The first-order chi connectivity index (χ1) is 11.2. The quantitative estimate of drug-likeness (QED) is 0.897. The molecule has 1 aromatic rings. The Labute approximate surface area is 141 Å². The first-order valence-electron chi connectivity index (χ1n) is 8.07. The van der Waals surface area contributed by atoms with Crippen molar-refractivity contribution >= 4 is 16.1 Å². The van der Waals surface area contributed by atoms with Gasteiger partial charge in [0.15, 0.2) is 0 Å². The minimum atomic E-state index is -3.77. The van der Waals surface area contributed by atoms with Crippen LogP contribution in [0.2, 0.25) is 0 Å². The molecule has 2 heterocycles. The van der Waals surface area contributed by atoms with E-state index >= 15 is 0 Å². The number of nitrogens with zero attached hydrogens (tertiary/aromatic N) is 2. The van der Waals surface area contributed by atoms with Crippen molar-refractivity contribution in [1.82, 2.24) is 14.5 Å². The first kappa shape index (κ1) is 17.2. The van der Waals surface area contributed by atoms with Gasteiger partial charge >= 0.3 is 6.03 Å². The largest absolute Gasteiger partial charge is 0.332 e. The Hall–Kier alpha value is -1.67. The van der Waals surface area contributed by atoms with Crippen LogP contribution in [0, 0.1) is 12.7 Å². The van der Waals surface area contributed by atoms with Gasteiger partial charge < -0.3 is 10.2 Å². The standard InChI is InChI=1S/C16H22FN3O3S/c1-10(2)20-15-6-7-19(9-14(15)18-16(20)21)24(22,23)12-5-4-11(3)13(17)8-12/h4-5,8,10,14-15H,6-7,9H2,1-3H3,(H,18,21)/t14-,15+/m1/s1. The van der Waals surface area contributed by atoms with Crippen molar-refractivity contribution in [3.05, 3.63) is 29.6 Å². The molecule has 2 fully saturated rings. The molecular formula is C16H22FN3O3S. The number of urea groups is 1. The molecule has 2 saturated heterocycles. The van der Waals surface area contributed by atoms with Crippen LogP contribution in [0.25, 0.3) is 0 Å². The van der Waals surface area contributed by atoms with Crippen molar-refractivity contribution in [3.63, 3.8) is 0 Å². The monoisotopic (exact) mass is 355 g/mol. The molecule has 0 bridgehead atoms. The van der Waals surface area contributed by atoms with E-state index in [-0.39, 0.29) is 35.6 Å². The van der Waals surface area contributed by atoms with Gasteiger partial charge in [-0.05, 0) is 44.9 Å². The van der Waals surface area contributed by atoms with E-state index in [1.165, 1.54) is 16.4 Å². The van der Waals surface area contributed by atoms with Gasteiger partial charge in [-0.25, -0.2) is 17.6 Å². The highest BCUT2D eigenvalue weighted by Crippen LogP contribution is 2.28. The summed E-state index contributed by atoms with van der Waals surface area (Å²) < 4.78 is 40.6. The van der Waals surface area contributed by atoms with Gasteiger partial charge in [0, 0.05) is 19.1 Å². The lowest BCUT2D eigenvalue weighted by atomic mass is 10.0. The van der Waals surface area contributed by atoms with Crippen molar-refractivity contribution in [2.75, 3.05) is 13.1 Å². The average molecular weight is 355 g/mol. The summed E-state index contributed by atoms with van der Waals surface area (Å²) in [5.41, 5.74) is 0.406. The number of rotatable bonds is 3. The minimum absolute atomic E-state index is 0.00120.